The van der Waals surface area contributed by atoms with Crippen molar-refractivity contribution in [3.63, 3.8) is 0 Å². The Morgan fingerprint density at radius 3 is 2.95 bits per heavy atom. The second kappa shape index (κ2) is 5.71. The first kappa shape index (κ1) is 13.4. The predicted octanol–water partition coefficient (Wildman–Crippen LogP) is 0.482. The lowest BCUT2D eigenvalue weighted by atomic mass is 10.1. The number of nitrogens with one attached hydrogen (secondary N) is 1. The molecule has 0 saturated carbocycles. The molecule has 20 heavy (non-hydrogen) atoms. The molecule has 0 aliphatic carbocycles. The number of amides is 1. The number of primary amides is 1. The summed E-state index contributed by atoms with van der Waals surface area (Å²) in [6.07, 6.45) is 0. The molecule has 8 heteroatoms. The summed E-state index contributed by atoms with van der Waals surface area (Å²) in [5.41, 5.74) is 5.97. The highest BCUT2D eigenvalue weighted by Crippen LogP contribution is 2.33. The number of nitrogens with zero attached hydrogens (tertiary/aromatic N) is 3. The van der Waals surface area contributed by atoms with Crippen molar-refractivity contribution in [2.75, 3.05) is 13.7 Å². The number of aromatic amines is 1. The Kier molecular flexibility index (Phi) is 3.81. The first-order valence-electron chi connectivity index (χ1n) is 5.56. The molecule has 0 atom stereocenters. The summed E-state index contributed by atoms with van der Waals surface area (Å²) in [5, 5.41) is 18.5. The standard InChI is InChI=1S/C12H11N5O3/c1-19-7-2-3-8(9(6-7)20-5-4-13)10-11(12(14)18)16-17-15-10/h2-3,6H,5H2,1H3,(H2,14,18)(H,15,16,17). The lowest BCUT2D eigenvalue weighted by Crippen LogP contribution is -2.13. The fourth-order valence-corrected chi connectivity index (χ4v) is 1.65. The summed E-state index contributed by atoms with van der Waals surface area (Å²) >= 11 is 0. The number of carbonyl (C=O) groups excluding carboxylic acids is 1. The fourth-order valence-electron chi connectivity index (χ4n) is 1.65. The zero-order valence-electron chi connectivity index (χ0n) is 10.6. The molecule has 2 rings (SSSR count). The molecule has 0 aliphatic rings. The minimum Gasteiger partial charge on any atom is -0.497 e. The average Bonchev–Trinajstić information content (AvgIpc) is 2.94. The van der Waals surface area contributed by atoms with Gasteiger partial charge < -0.3 is 15.2 Å². The smallest absolute Gasteiger partial charge is 0.271 e. The number of hydrogen-bond donors (Lipinski definition) is 2. The van der Waals surface area contributed by atoms with Crippen molar-refractivity contribution >= 4 is 5.91 Å². The van der Waals surface area contributed by atoms with Gasteiger partial charge in [0.05, 0.1) is 7.11 Å². The van der Waals surface area contributed by atoms with Crippen molar-refractivity contribution in [2.24, 2.45) is 5.73 Å². The lowest BCUT2D eigenvalue weighted by molar-refractivity contribution is 0.0996. The summed E-state index contributed by atoms with van der Waals surface area (Å²) in [6, 6.07) is 6.78. The van der Waals surface area contributed by atoms with E-state index in [0.29, 0.717) is 17.1 Å². The Morgan fingerprint density at radius 2 is 2.30 bits per heavy atom. The van der Waals surface area contributed by atoms with E-state index in [1.807, 2.05) is 6.07 Å². The van der Waals surface area contributed by atoms with Gasteiger partial charge in [-0.1, -0.05) is 0 Å². The molecular weight excluding hydrogens is 262 g/mol. The summed E-state index contributed by atoms with van der Waals surface area (Å²) in [7, 11) is 1.51. The Labute approximate surface area is 114 Å². The summed E-state index contributed by atoms with van der Waals surface area (Å²) in [4.78, 5) is 11.3. The molecule has 3 N–H and O–H groups in total. The normalized spacial score (nSPS) is 9.80. The van der Waals surface area contributed by atoms with Gasteiger partial charge in [0.2, 0.25) is 0 Å². The van der Waals surface area contributed by atoms with Crippen LogP contribution in [0.15, 0.2) is 18.2 Å². The highest BCUT2D eigenvalue weighted by atomic mass is 16.5. The third kappa shape index (κ3) is 2.51. The van der Waals surface area contributed by atoms with E-state index in [1.165, 1.54) is 7.11 Å². The molecular formula is C12H11N5O3. The van der Waals surface area contributed by atoms with Crippen LogP contribution in [-0.4, -0.2) is 35.0 Å². The Bertz CT molecular complexity index is 674. The van der Waals surface area contributed by atoms with E-state index in [1.54, 1.807) is 18.2 Å². The highest BCUT2D eigenvalue weighted by Gasteiger charge is 2.19. The maximum atomic E-state index is 11.3. The van der Waals surface area contributed by atoms with Gasteiger partial charge in [-0.3, -0.25) is 4.79 Å². The number of carbonyl (C=O) groups is 1. The third-order valence-electron chi connectivity index (χ3n) is 2.52. The summed E-state index contributed by atoms with van der Waals surface area (Å²) in [6.45, 7) is -0.149. The van der Waals surface area contributed by atoms with E-state index >= 15 is 0 Å². The second-order valence-corrected chi connectivity index (χ2v) is 3.69. The monoisotopic (exact) mass is 273 g/mol. The topological polar surface area (TPSA) is 127 Å². The van der Waals surface area contributed by atoms with E-state index in [2.05, 4.69) is 15.4 Å². The van der Waals surface area contributed by atoms with Crippen LogP contribution in [0.4, 0.5) is 0 Å². The molecule has 1 aromatic heterocycles. The molecule has 0 spiro atoms. The average molecular weight is 273 g/mol. The van der Waals surface area contributed by atoms with Crippen molar-refractivity contribution in [1.29, 1.82) is 5.26 Å². The molecule has 102 valence electrons. The van der Waals surface area contributed by atoms with Gasteiger partial charge in [-0.15, -0.1) is 0 Å². The molecule has 0 saturated heterocycles. The Morgan fingerprint density at radius 1 is 1.50 bits per heavy atom. The molecule has 0 fully saturated rings. The number of hydrogen-bond acceptors (Lipinski definition) is 6. The van der Waals surface area contributed by atoms with Gasteiger partial charge in [-0.2, -0.15) is 20.7 Å². The van der Waals surface area contributed by atoms with Gasteiger partial charge in [0.1, 0.15) is 23.3 Å². The highest BCUT2D eigenvalue weighted by molar-refractivity contribution is 5.97. The van der Waals surface area contributed by atoms with Crippen LogP contribution in [0.25, 0.3) is 11.3 Å². The minimum atomic E-state index is -0.712. The van der Waals surface area contributed by atoms with Gasteiger partial charge in [0.25, 0.3) is 5.91 Å². The number of nitrogens with two attached hydrogens (primary N) is 1. The van der Waals surface area contributed by atoms with Gasteiger partial charge in [0.15, 0.2) is 12.3 Å². The predicted molar refractivity (Wildman–Crippen MR) is 68.0 cm³/mol. The van der Waals surface area contributed by atoms with Crippen LogP contribution in [0.5, 0.6) is 11.5 Å². The molecule has 0 bridgehead atoms. The maximum Gasteiger partial charge on any atom is 0.271 e. The van der Waals surface area contributed by atoms with Crippen LogP contribution >= 0.6 is 0 Å². The molecule has 2 aromatic rings. The summed E-state index contributed by atoms with van der Waals surface area (Å²) < 4.78 is 10.4. The molecule has 1 aromatic carbocycles. The van der Waals surface area contributed by atoms with E-state index in [-0.39, 0.29) is 18.0 Å². The molecule has 8 nitrogen and oxygen atoms in total. The number of nitriles is 1. The number of ether oxygens (including phenoxy) is 2. The van der Waals surface area contributed by atoms with Crippen LogP contribution in [0.3, 0.4) is 0 Å². The maximum absolute atomic E-state index is 11.3. The van der Waals surface area contributed by atoms with E-state index in [9.17, 15) is 4.79 Å². The third-order valence-corrected chi connectivity index (χ3v) is 2.52. The number of methoxy groups -OCH3 is 1. The molecule has 1 heterocycles. The van der Waals surface area contributed by atoms with E-state index in [0.717, 1.165) is 0 Å². The fraction of sp³-hybridized carbons (Fsp3) is 0.167. The van der Waals surface area contributed by atoms with Crippen molar-refractivity contribution in [2.45, 2.75) is 0 Å². The van der Waals surface area contributed by atoms with Gasteiger partial charge >= 0.3 is 0 Å². The Hall–Kier alpha value is -3.08. The number of H-pyrrole nitrogens is 1. The second-order valence-electron chi connectivity index (χ2n) is 3.69. The largest absolute Gasteiger partial charge is 0.497 e. The molecule has 0 radical (unpaired) electrons. The number of benzene rings is 1. The van der Waals surface area contributed by atoms with Gasteiger partial charge in [-0.25, -0.2) is 0 Å². The van der Waals surface area contributed by atoms with Crippen molar-refractivity contribution in [3.05, 3.63) is 23.9 Å². The first-order valence-corrected chi connectivity index (χ1v) is 5.56. The minimum absolute atomic E-state index is 0.00280. The number of rotatable bonds is 5. The van der Waals surface area contributed by atoms with Crippen LogP contribution in [0, 0.1) is 11.3 Å². The van der Waals surface area contributed by atoms with Gasteiger partial charge in [-0.05, 0) is 12.1 Å². The zero-order valence-corrected chi connectivity index (χ0v) is 10.6. The van der Waals surface area contributed by atoms with E-state index < -0.39 is 5.91 Å². The quantitative estimate of drug-likeness (QED) is 0.815. The first-order chi connectivity index (χ1) is 9.67. The SMILES string of the molecule is COc1ccc(-c2n[nH]nc2C(N)=O)c(OCC#N)c1. The Balaban J connectivity index is 2.52. The molecule has 0 unspecified atom stereocenters. The van der Waals surface area contributed by atoms with E-state index in [4.69, 9.17) is 20.5 Å². The van der Waals surface area contributed by atoms with Gasteiger partial charge in [0, 0.05) is 11.6 Å². The number of aromatic nitrogens is 3. The lowest BCUT2D eigenvalue weighted by Gasteiger charge is -2.09. The summed E-state index contributed by atoms with van der Waals surface area (Å²) in [5.74, 6) is 0.184. The molecule has 1 amide bonds. The van der Waals surface area contributed by atoms with Crippen LogP contribution in [0.2, 0.25) is 0 Å². The van der Waals surface area contributed by atoms with Crippen LogP contribution in [0.1, 0.15) is 10.5 Å². The van der Waals surface area contributed by atoms with Crippen LogP contribution in [-0.2, 0) is 0 Å². The van der Waals surface area contributed by atoms with Crippen molar-refractivity contribution < 1.29 is 14.3 Å². The molecule has 0 aliphatic heterocycles. The zero-order chi connectivity index (χ0) is 14.5. The van der Waals surface area contributed by atoms with Crippen LogP contribution < -0.4 is 15.2 Å². The van der Waals surface area contributed by atoms with Crippen molar-refractivity contribution in [3.8, 4) is 28.8 Å². The van der Waals surface area contributed by atoms with Crippen molar-refractivity contribution in [1.82, 2.24) is 15.4 Å².